The molecule has 0 aliphatic heterocycles. The van der Waals surface area contributed by atoms with E-state index >= 15 is 0 Å². The van der Waals surface area contributed by atoms with Crippen LogP contribution in [0, 0.1) is 0 Å². The third-order valence-corrected chi connectivity index (χ3v) is 2.55. The summed E-state index contributed by atoms with van der Waals surface area (Å²) in [5.74, 6) is 0.888. The molecule has 96 valence electrons. The van der Waals surface area contributed by atoms with Crippen LogP contribution >= 0.6 is 0 Å². The number of aryl methyl sites for hydroxylation is 1. The highest BCUT2D eigenvalue weighted by Crippen LogP contribution is 2.15. The molecule has 0 spiro atoms. The molecule has 1 rings (SSSR count). The Morgan fingerprint density at radius 2 is 1.82 bits per heavy atom. The largest absolute Gasteiger partial charge is 0.488 e. The van der Waals surface area contributed by atoms with Gasteiger partial charge in [0, 0.05) is 13.2 Å². The standard InChI is InChI=1S/C14H23NO2/c1-11(15)4-5-13-6-8-14(9-7-13)17-12(2)10-16-3/h6-9,11-12H,4-5,10,15H2,1-3H3. The predicted octanol–water partition coefficient (Wildman–Crippen LogP) is 2.38. The molecule has 1 aromatic carbocycles. The third-order valence-electron chi connectivity index (χ3n) is 2.55. The molecular weight excluding hydrogens is 214 g/mol. The predicted molar refractivity (Wildman–Crippen MR) is 70.4 cm³/mol. The highest BCUT2D eigenvalue weighted by Gasteiger charge is 2.03. The first-order valence-electron chi connectivity index (χ1n) is 6.12. The Hall–Kier alpha value is -1.06. The van der Waals surface area contributed by atoms with Crippen molar-refractivity contribution in [1.29, 1.82) is 0 Å². The monoisotopic (exact) mass is 237 g/mol. The molecule has 0 aromatic heterocycles. The highest BCUT2D eigenvalue weighted by atomic mass is 16.5. The van der Waals surface area contributed by atoms with Gasteiger partial charge in [-0.05, 0) is 44.4 Å². The van der Waals surface area contributed by atoms with Crippen molar-refractivity contribution in [2.24, 2.45) is 5.73 Å². The Morgan fingerprint density at radius 3 is 2.35 bits per heavy atom. The van der Waals surface area contributed by atoms with E-state index in [-0.39, 0.29) is 12.1 Å². The second-order valence-corrected chi connectivity index (χ2v) is 4.54. The van der Waals surface area contributed by atoms with E-state index in [1.807, 2.05) is 26.0 Å². The minimum absolute atomic E-state index is 0.0786. The molecule has 2 atom stereocenters. The number of hydrogen-bond donors (Lipinski definition) is 1. The van der Waals surface area contributed by atoms with E-state index < -0.39 is 0 Å². The molecule has 0 saturated heterocycles. The van der Waals surface area contributed by atoms with Crippen molar-refractivity contribution in [3.05, 3.63) is 29.8 Å². The minimum atomic E-state index is 0.0786. The van der Waals surface area contributed by atoms with Crippen LogP contribution < -0.4 is 10.5 Å². The SMILES string of the molecule is COCC(C)Oc1ccc(CCC(C)N)cc1. The molecule has 0 saturated carbocycles. The summed E-state index contributed by atoms with van der Waals surface area (Å²) in [4.78, 5) is 0. The highest BCUT2D eigenvalue weighted by molar-refractivity contribution is 5.27. The van der Waals surface area contributed by atoms with Gasteiger partial charge >= 0.3 is 0 Å². The van der Waals surface area contributed by atoms with Crippen molar-refractivity contribution in [3.8, 4) is 5.75 Å². The fourth-order valence-corrected chi connectivity index (χ4v) is 1.63. The molecule has 2 N–H and O–H groups in total. The Labute approximate surface area is 104 Å². The Morgan fingerprint density at radius 1 is 1.18 bits per heavy atom. The van der Waals surface area contributed by atoms with E-state index in [9.17, 15) is 0 Å². The van der Waals surface area contributed by atoms with Crippen molar-refractivity contribution >= 4 is 0 Å². The van der Waals surface area contributed by atoms with Crippen molar-refractivity contribution < 1.29 is 9.47 Å². The summed E-state index contributed by atoms with van der Waals surface area (Å²) in [5, 5.41) is 0. The average molecular weight is 237 g/mol. The van der Waals surface area contributed by atoms with Crippen LogP contribution in [0.1, 0.15) is 25.8 Å². The summed E-state index contributed by atoms with van der Waals surface area (Å²) in [6.45, 7) is 4.63. The molecule has 2 unspecified atom stereocenters. The van der Waals surface area contributed by atoms with Gasteiger partial charge in [0.2, 0.25) is 0 Å². The van der Waals surface area contributed by atoms with Gasteiger partial charge in [-0.3, -0.25) is 0 Å². The van der Waals surface area contributed by atoms with Gasteiger partial charge in [0.15, 0.2) is 0 Å². The van der Waals surface area contributed by atoms with Crippen LogP contribution in [0.15, 0.2) is 24.3 Å². The van der Waals surface area contributed by atoms with Crippen LogP contribution in [0.2, 0.25) is 0 Å². The van der Waals surface area contributed by atoms with E-state index in [0.717, 1.165) is 18.6 Å². The fourth-order valence-electron chi connectivity index (χ4n) is 1.63. The second kappa shape index (κ2) is 7.30. The molecule has 17 heavy (non-hydrogen) atoms. The van der Waals surface area contributed by atoms with Gasteiger partial charge in [-0.25, -0.2) is 0 Å². The third kappa shape index (κ3) is 5.71. The lowest BCUT2D eigenvalue weighted by atomic mass is 10.1. The van der Waals surface area contributed by atoms with Gasteiger partial charge in [-0.2, -0.15) is 0 Å². The Balaban J connectivity index is 2.44. The lowest BCUT2D eigenvalue weighted by Gasteiger charge is -2.14. The van der Waals surface area contributed by atoms with Gasteiger partial charge in [-0.15, -0.1) is 0 Å². The van der Waals surface area contributed by atoms with E-state index in [0.29, 0.717) is 6.61 Å². The molecule has 1 aromatic rings. The fraction of sp³-hybridized carbons (Fsp3) is 0.571. The van der Waals surface area contributed by atoms with Gasteiger partial charge in [0.25, 0.3) is 0 Å². The summed E-state index contributed by atoms with van der Waals surface area (Å²) >= 11 is 0. The first kappa shape index (κ1) is 14.0. The molecule has 0 aliphatic carbocycles. The molecule has 3 heteroatoms. The zero-order valence-corrected chi connectivity index (χ0v) is 11.0. The van der Waals surface area contributed by atoms with E-state index in [4.69, 9.17) is 15.2 Å². The molecular formula is C14H23NO2. The van der Waals surface area contributed by atoms with E-state index in [1.165, 1.54) is 5.56 Å². The maximum absolute atomic E-state index is 5.73. The van der Waals surface area contributed by atoms with Crippen molar-refractivity contribution in [3.63, 3.8) is 0 Å². The number of methoxy groups -OCH3 is 1. The molecule has 0 radical (unpaired) electrons. The van der Waals surface area contributed by atoms with Crippen LogP contribution in [-0.4, -0.2) is 25.9 Å². The number of benzene rings is 1. The first-order chi connectivity index (χ1) is 8.11. The molecule has 0 amide bonds. The van der Waals surface area contributed by atoms with Gasteiger partial charge in [0.05, 0.1) is 6.61 Å². The summed E-state index contributed by atoms with van der Waals surface area (Å²) in [6, 6.07) is 8.45. The molecule has 0 fully saturated rings. The smallest absolute Gasteiger partial charge is 0.119 e. The van der Waals surface area contributed by atoms with Crippen LogP contribution in [0.3, 0.4) is 0 Å². The maximum Gasteiger partial charge on any atom is 0.119 e. The Kier molecular flexibility index (Phi) is 6.01. The number of rotatable bonds is 7. The number of hydrogen-bond acceptors (Lipinski definition) is 3. The zero-order chi connectivity index (χ0) is 12.7. The molecule has 3 nitrogen and oxygen atoms in total. The van der Waals surface area contributed by atoms with E-state index in [2.05, 4.69) is 12.1 Å². The summed E-state index contributed by atoms with van der Waals surface area (Å²) in [6.07, 6.45) is 2.11. The van der Waals surface area contributed by atoms with Crippen LogP contribution in [0.4, 0.5) is 0 Å². The van der Waals surface area contributed by atoms with Crippen molar-refractivity contribution in [1.82, 2.24) is 0 Å². The summed E-state index contributed by atoms with van der Waals surface area (Å²) in [5.41, 5.74) is 7.03. The summed E-state index contributed by atoms with van der Waals surface area (Å²) in [7, 11) is 1.68. The normalized spacial score (nSPS) is 14.4. The number of nitrogens with two attached hydrogens (primary N) is 1. The van der Waals surface area contributed by atoms with Crippen LogP contribution in [-0.2, 0) is 11.2 Å². The summed E-state index contributed by atoms with van der Waals surface area (Å²) < 4.78 is 10.7. The van der Waals surface area contributed by atoms with Crippen LogP contribution in [0.25, 0.3) is 0 Å². The Bertz CT molecular complexity index is 309. The minimum Gasteiger partial charge on any atom is -0.488 e. The first-order valence-corrected chi connectivity index (χ1v) is 6.12. The van der Waals surface area contributed by atoms with Gasteiger partial charge in [0.1, 0.15) is 11.9 Å². The van der Waals surface area contributed by atoms with Crippen molar-refractivity contribution in [2.45, 2.75) is 38.8 Å². The molecule has 0 bridgehead atoms. The maximum atomic E-state index is 5.73. The van der Waals surface area contributed by atoms with Gasteiger partial charge < -0.3 is 15.2 Å². The lowest BCUT2D eigenvalue weighted by molar-refractivity contribution is 0.0921. The van der Waals surface area contributed by atoms with Crippen molar-refractivity contribution in [2.75, 3.05) is 13.7 Å². The topological polar surface area (TPSA) is 44.5 Å². The molecule has 0 aliphatic rings. The lowest BCUT2D eigenvalue weighted by Crippen LogP contribution is -2.18. The van der Waals surface area contributed by atoms with Crippen LogP contribution in [0.5, 0.6) is 5.75 Å². The molecule has 0 heterocycles. The van der Waals surface area contributed by atoms with E-state index in [1.54, 1.807) is 7.11 Å². The number of ether oxygens (including phenoxy) is 2. The average Bonchev–Trinajstić information content (AvgIpc) is 2.28. The van der Waals surface area contributed by atoms with Gasteiger partial charge in [-0.1, -0.05) is 12.1 Å². The quantitative estimate of drug-likeness (QED) is 0.792. The second-order valence-electron chi connectivity index (χ2n) is 4.54. The zero-order valence-electron chi connectivity index (χ0n) is 11.0.